The Kier molecular flexibility index (Phi) is 3.57. The van der Waals surface area contributed by atoms with Gasteiger partial charge in [0, 0.05) is 6.04 Å². The molecule has 1 aliphatic rings. The van der Waals surface area contributed by atoms with Gasteiger partial charge < -0.3 is 5.73 Å². The molecule has 2 N–H and O–H groups in total. The van der Waals surface area contributed by atoms with E-state index < -0.39 is 0 Å². The van der Waals surface area contributed by atoms with Crippen molar-refractivity contribution in [3.63, 3.8) is 0 Å². The lowest BCUT2D eigenvalue weighted by atomic mass is 9.75. The third-order valence-corrected chi connectivity index (χ3v) is 3.50. The lowest BCUT2D eigenvalue weighted by Crippen LogP contribution is -2.31. The Balaban J connectivity index is 2.30. The maximum Gasteiger partial charge on any atom is 0.00387 e. The SMILES string of the molecule is CC(C)C1CCC([C@H](C)N)CC1. The predicted octanol–water partition coefficient (Wildman–Crippen LogP) is 2.80. The zero-order valence-electron chi connectivity index (χ0n) is 8.72. The van der Waals surface area contributed by atoms with E-state index in [-0.39, 0.29) is 0 Å². The van der Waals surface area contributed by atoms with Crippen LogP contribution in [0.2, 0.25) is 0 Å². The molecule has 72 valence electrons. The molecule has 1 rings (SSSR count). The van der Waals surface area contributed by atoms with Crippen LogP contribution in [0.15, 0.2) is 0 Å². The minimum atomic E-state index is 0.415. The van der Waals surface area contributed by atoms with Crippen molar-refractivity contribution in [1.82, 2.24) is 0 Å². The molecular formula is C11H23N. The molecule has 0 unspecified atom stereocenters. The van der Waals surface area contributed by atoms with E-state index in [1.54, 1.807) is 0 Å². The molecule has 0 amide bonds. The van der Waals surface area contributed by atoms with Gasteiger partial charge in [-0.15, -0.1) is 0 Å². The van der Waals surface area contributed by atoms with Crippen LogP contribution in [0, 0.1) is 17.8 Å². The Labute approximate surface area is 76.7 Å². The van der Waals surface area contributed by atoms with Crippen LogP contribution in [0.1, 0.15) is 46.5 Å². The molecule has 12 heavy (non-hydrogen) atoms. The average molecular weight is 169 g/mol. The van der Waals surface area contributed by atoms with E-state index in [1.165, 1.54) is 25.7 Å². The maximum absolute atomic E-state index is 5.89. The van der Waals surface area contributed by atoms with Crippen LogP contribution >= 0.6 is 0 Å². The molecule has 0 heterocycles. The van der Waals surface area contributed by atoms with Gasteiger partial charge in [-0.25, -0.2) is 0 Å². The fourth-order valence-electron chi connectivity index (χ4n) is 2.34. The van der Waals surface area contributed by atoms with Crippen molar-refractivity contribution < 1.29 is 0 Å². The van der Waals surface area contributed by atoms with Crippen LogP contribution in [-0.2, 0) is 0 Å². The lowest BCUT2D eigenvalue weighted by molar-refractivity contribution is 0.208. The lowest BCUT2D eigenvalue weighted by Gasteiger charge is -2.32. The molecule has 1 saturated carbocycles. The molecule has 0 aromatic heterocycles. The van der Waals surface area contributed by atoms with Crippen LogP contribution in [-0.4, -0.2) is 6.04 Å². The summed E-state index contributed by atoms with van der Waals surface area (Å²) in [4.78, 5) is 0. The van der Waals surface area contributed by atoms with Gasteiger partial charge in [0.15, 0.2) is 0 Å². The number of rotatable bonds is 2. The van der Waals surface area contributed by atoms with E-state index in [0.29, 0.717) is 6.04 Å². The van der Waals surface area contributed by atoms with E-state index in [1.807, 2.05) is 0 Å². The molecule has 1 aliphatic carbocycles. The van der Waals surface area contributed by atoms with Crippen molar-refractivity contribution in [2.75, 3.05) is 0 Å². The molecule has 1 nitrogen and oxygen atoms in total. The molecule has 1 atom stereocenters. The Morgan fingerprint density at radius 3 is 1.67 bits per heavy atom. The fourth-order valence-corrected chi connectivity index (χ4v) is 2.34. The van der Waals surface area contributed by atoms with Crippen LogP contribution in [0.5, 0.6) is 0 Å². The zero-order valence-corrected chi connectivity index (χ0v) is 8.72. The van der Waals surface area contributed by atoms with Crippen molar-refractivity contribution in [2.45, 2.75) is 52.5 Å². The first-order valence-electron chi connectivity index (χ1n) is 5.37. The van der Waals surface area contributed by atoms with Gasteiger partial charge in [-0.1, -0.05) is 13.8 Å². The van der Waals surface area contributed by atoms with Crippen LogP contribution in [0.4, 0.5) is 0 Å². The first-order chi connectivity index (χ1) is 5.61. The molecule has 0 bridgehead atoms. The molecule has 0 aliphatic heterocycles. The number of hydrogen-bond donors (Lipinski definition) is 1. The van der Waals surface area contributed by atoms with Gasteiger partial charge in [0.05, 0.1) is 0 Å². The van der Waals surface area contributed by atoms with Gasteiger partial charge in [0.2, 0.25) is 0 Å². The summed E-state index contributed by atoms with van der Waals surface area (Å²) in [6, 6.07) is 0.415. The van der Waals surface area contributed by atoms with Crippen LogP contribution < -0.4 is 5.73 Å². The van der Waals surface area contributed by atoms with Crippen LogP contribution in [0.25, 0.3) is 0 Å². The molecule has 0 aromatic carbocycles. The zero-order chi connectivity index (χ0) is 9.14. The first kappa shape index (κ1) is 10.0. The van der Waals surface area contributed by atoms with Gasteiger partial charge in [-0.3, -0.25) is 0 Å². The molecule has 0 radical (unpaired) electrons. The molecule has 0 aromatic rings. The second-order valence-corrected chi connectivity index (χ2v) is 4.78. The van der Waals surface area contributed by atoms with Crippen molar-refractivity contribution in [2.24, 2.45) is 23.5 Å². The maximum atomic E-state index is 5.89. The highest BCUT2D eigenvalue weighted by Crippen LogP contribution is 2.34. The Hall–Kier alpha value is -0.0400. The van der Waals surface area contributed by atoms with Crippen molar-refractivity contribution in [3.8, 4) is 0 Å². The number of nitrogens with two attached hydrogens (primary N) is 1. The highest BCUT2D eigenvalue weighted by molar-refractivity contribution is 4.78. The third-order valence-electron chi connectivity index (χ3n) is 3.50. The van der Waals surface area contributed by atoms with Gasteiger partial charge in [-0.05, 0) is 50.4 Å². The van der Waals surface area contributed by atoms with Crippen LogP contribution in [0.3, 0.4) is 0 Å². The van der Waals surface area contributed by atoms with Crippen molar-refractivity contribution in [3.05, 3.63) is 0 Å². The summed E-state index contributed by atoms with van der Waals surface area (Å²) in [5, 5.41) is 0. The van der Waals surface area contributed by atoms with E-state index in [4.69, 9.17) is 5.73 Å². The molecule has 1 fully saturated rings. The minimum absolute atomic E-state index is 0.415. The van der Waals surface area contributed by atoms with Gasteiger partial charge in [0.25, 0.3) is 0 Å². The Morgan fingerprint density at radius 1 is 0.917 bits per heavy atom. The van der Waals surface area contributed by atoms with Crippen molar-refractivity contribution >= 4 is 0 Å². The first-order valence-corrected chi connectivity index (χ1v) is 5.37. The Bertz CT molecular complexity index is 105. The molecular weight excluding hydrogens is 146 g/mol. The molecule has 0 spiro atoms. The third kappa shape index (κ3) is 2.48. The second kappa shape index (κ2) is 4.27. The predicted molar refractivity (Wildman–Crippen MR) is 53.9 cm³/mol. The fraction of sp³-hybridized carbons (Fsp3) is 1.00. The number of hydrogen-bond acceptors (Lipinski definition) is 1. The molecule has 1 heteroatoms. The minimum Gasteiger partial charge on any atom is -0.328 e. The van der Waals surface area contributed by atoms with E-state index in [0.717, 1.165) is 17.8 Å². The summed E-state index contributed by atoms with van der Waals surface area (Å²) in [5.74, 6) is 2.65. The van der Waals surface area contributed by atoms with Gasteiger partial charge >= 0.3 is 0 Å². The smallest absolute Gasteiger partial charge is 0.00387 e. The van der Waals surface area contributed by atoms with E-state index in [2.05, 4.69) is 20.8 Å². The largest absolute Gasteiger partial charge is 0.328 e. The quantitative estimate of drug-likeness (QED) is 0.676. The van der Waals surface area contributed by atoms with Crippen molar-refractivity contribution in [1.29, 1.82) is 0 Å². The highest BCUT2D eigenvalue weighted by atomic mass is 14.6. The summed E-state index contributed by atoms with van der Waals surface area (Å²) in [7, 11) is 0. The van der Waals surface area contributed by atoms with Gasteiger partial charge in [-0.2, -0.15) is 0 Å². The highest BCUT2D eigenvalue weighted by Gasteiger charge is 2.24. The summed E-state index contributed by atoms with van der Waals surface area (Å²) in [6.07, 6.45) is 5.54. The molecule has 0 saturated heterocycles. The van der Waals surface area contributed by atoms with E-state index >= 15 is 0 Å². The average Bonchev–Trinajstić information content (AvgIpc) is 2.04. The standard InChI is InChI=1S/C11H23N/c1-8(2)10-4-6-11(7-5-10)9(3)12/h8-11H,4-7,12H2,1-3H3/t9-,10?,11?/m0/s1. The summed E-state index contributed by atoms with van der Waals surface area (Å²) >= 11 is 0. The Morgan fingerprint density at radius 2 is 1.33 bits per heavy atom. The monoisotopic (exact) mass is 169 g/mol. The second-order valence-electron chi connectivity index (χ2n) is 4.78. The summed E-state index contributed by atoms with van der Waals surface area (Å²) in [5.41, 5.74) is 5.89. The van der Waals surface area contributed by atoms with E-state index in [9.17, 15) is 0 Å². The topological polar surface area (TPSA) is 26.0 Å². The summed E-state index contributed by atoms with van der Waals surface area (Å²) < 4.78 is 0. The normalized spacial score (nSPS) is 33.8. The summed E-state index contributed by atoms with van der Waals surface area (Å²) in [6.45, 7) is 6.84. The van der Waals surface area contributed by atoms with Gasteiger partial charge in [0.1, 0.15) is 0 Å².